The van der Waals surface area contributed by atoms with Gasteiger partial charge in [-0.25, -0.2) is 14.8 Å². The van der Waals surface area contributed by atoms with Gasteiger partial charge in [0.2, 0.25) is 5.91 Å². The SMILES string of the molecule is CCNC(=O)Cn1c(=O)[nH]c2cnc(-c3ccc(Cl)cc3)nc21. The normalized spacial score (nSPS) is 10.9. The largest absolute Gasteiger partial charge is 0.355 e. The number of H-pyrrole nitrogens is 1. The average Bonchev–Trinajstić information content (AvgIpc) is 2.84. The third-order valence-electron chi connectivity index (χ3n) is 3.29. The first kappa shape index (κ1) is 15.2. The molecule has 0 unspecified atom stereocenters. The number of hydrogen-bond donors (Lipinski definition) is 2. The highest BCUT2D eigenvalue weighted by atomic mass is 35.5. The maximum absolute atomic E-state index is 12.0. The highest BCUT2D eigenvalue weighted by Gasteiger charge is 2.13. The molecule has 0 saturated heterocycles. The molecule has 0 radical (unpaired) electrons. The topological polar surface area (TPSA) is 92.7 Å². The van der Waals surface area contributed by atoms with Crippen LogP contribution in [-0.4, -0.2) is 32.0 Å². The second kappa shape index (κ2) is 6.21. The number of imidazole rings is 1. The molecule has 0 aliphatic rings. The van der Waals surface area contributed by atoms with Crippen LogP contribution in [0.4, 0.5) is 0 Å². The second-order valence-electron chi connectivity index (χ2n) is 4.91. The van der Waals surface area contributed by atoms with Gasteiger partial charge in [-0.1, -0.05) is 11.6 Å². The molecule has 7 nitrogen and oxygen atoms in total. The summed E-state index contributed by atoms with van der Waals surface area (Å²) in [7, 11) is 0. The Kier molecular flexibility index (Phi) is 4.12. The van der Waals surface area contributed by atoms with Crippen LogP contribution < -0.4 is 11.0 Å². The van der Waals surface area contributed by atoms with Crippen molar-refractivity contribution < 1.29 is 4.79 Å². The summed E-state index contributed by atoms with van der Waals surface area (Å²) < 4.78 is 1.29. The smallest absolute Gasteiger partial charge is 0.328 e. The Morgan fingerprint density at radius 3 is 2.78 bits per heavy atom. The number of amides is 1. The zero-order valence-electron chi connectivity index (χ0n) is 12.3. The molecule has 8 heteroatoms. The fraction of sp³-hybridized carbons (Fsp3) is 0.200. The summed E-state index contributed by atoms with van der Waals surface area (Å²) in [4.78, 5) is 35.1. The van der Waals surface area contributed by atoms with Crippen LogP contribution in [0.3, 0.4) is 0 Å². The summed E-state index contributed by atoms with van der Waals surface area (Å²) in [6.07, 6.45) is 1.53. The lowest BCUT2D eigenvalue weighted by Gasteiger charge is -2.04. The number of aromatic nitrogens is 4. The Labute approximate surface area is 136 Å². The number of likely N-dealkylation sites (N-methyl/N-ethyl adjacent to an activating group) is 1. The Morgan fingerprint density at radius 1 is 1.35 bits per heavy atom. The quantitative estimate of drug-likeness (QED) is 0.759. The molecule has 0 spiro atoms. The van der Waals surface area contributed by atoms with Crippen LogP contribution in [0.2, 0.25) is 5.02 Å². The van der Waals surface area contributed by atoms with Crippen LogP contribution in [0.5, 0.6) is 0 Å². The van der Waals surface area contributed by atoms with E-state index < -0.39 is 5.69 Å². The number of carbonyl (C=O) groups is 1. The van der Waals surface area contributed by atoms with E-state index in [9.17, 15) is 9.59 Å². The molecule has 1 aromatic carbocycles. The second-order valence-corrected chi connectivity index (χ2v) is 5.34. The van der Waals surface area contributed by atoms with Crippen LogP contribution in [0.15, 0.2) is 35.3 Å². The van der Waals surface area contributed by atoms with Gasteiger partial charge < -0.3 is 10.3 Å². The molecule has 2 aromatic heterocycles. The molecule has 118 valence electrons. The maximum Gasteiger partial charge on any atom is 0.328 e. The number of rotatable bonds is 4. The first-order chi connectivity index (χ1) is 11.1. The minimum absolute atomic E-state index is 0.0935. The lowest BCUT2D eigenvalue weighted by molar-refractivity contribution is -0.121. The lowest BCUT2D eigenvalue weighted by atomic mass is 10.2. The van der Waals surface area contributed by atoms with E-state index in [2.05, 4.69) is 20.3 Å². The van der Waals surface area contributed by atoms with Crippen molar-refractivity contribution in [2.45, 2.75) is 13.5 Å². The molecule has 1 amide bonds. The highest BCUT2D eigenvalue weighted by Crippen LogP contribution is 2.19. The predicted octanol–water partition coefficient (Wildman–Crippen LogP) is 1.58. The number of benzene rings is 1. The van der Waals surface area contributed by atoms with E-state index in [-0.39, 0.29) is 12.5 Å². The van der Waals surface area contributed by atoms with Crippen LogP contribution in [0, 0.1) is 0 Å². The van der Waals surface area contributed by atoms with Gasteiger partial charge in [-0.3, -0.25) is 9.36 Å². The molecule has 0 aliphatic heterocycles. The van der Waals surface area contributed by atoms with E-state index >= 15 is 0 Å². The van der Waals surface area contributed by atoms with Crippen molar-refractivity contribution in [3.8, 4) is 11.4 Å². The fourth-order valence-corrected chi connectivity index (χ4v) is 2.35. The van der Waals surface area contributed by atoms with Crippen LogP contribution >= 0.6 is 11.6 Å². The van der Waals surface area contributed by atoms with Crippen LogP contribution in [-0.2, 0) is 11.3 Å². The summed E-state index contributed by atoms with van der Waals surface area (Å²) in [6, 6.07) is 7.07. The van der Waals surface area contributed by atoms with Crippen molar-refractivity contribution >= 4 is 28.7 Å². The summed E-state index contributed by atoms with van der Waals surface area (Å²) in [5, 5.41) is 3.27. The van der Waals surface area contributed by atoms with E-state index in [1.165, 1.54) is 10.8 Å². The fourth-order valence-electron chi connectivity index (χ4n) is 2.23. The van der Waals surface area contributed by atoms with Crippen molar-refractivity contribution in [1.82, 2.24) is 24.8 Å². The van der Waals surface area contributed by atoms with E-state index in [1.54, 1.807) is 24.3 Å². The molecule has 2 N–H and O–H groups in total. The Balaban J connectivity index is 2.05. The van der Waals surface area contributed by atoms with Crippen molar-refractivity contribution in [2.24, 2.45) is 0 Å². The van der Waals surface area contributed by atoms with Crippen LogP contribution in [0.1, 0.15) is 6.92 Å². The Bertz CT molecular complexity index is 914. The first-order valence-corrected chi connectivity index (χ1v) is 7.44. The maximum atomic E-state index is 12.0. The van der Waals surface area contributed by atoms with Crippen molar-refractivity contribution in [3.63, 3.8) is 0 Å². The van der Waals surface area contributed by atoms with Crippen molar-refractivity contribution in [1.29, 1.82) is 0 Å². The predicted molar refractivity (Wildman–Crippen MR) is 87.3 cm³/mol. The summed E-state index contributed by atoms with van der Waals surface area (Å²) >= 11 is 5.87. The van der Waals surface area contributed by atoms with Gasteiger partial charge in [0.1, 0.15) is 12.1 Å². The zero-order chi connectivity index (χ0) is 16.4. The first-order valence-electron chi connectivity index (χ1n) is 7.06. The number of nitrogens with one attached hydrogen (secondary N) is 2. The summed E-state index contributed by atoms with van der Waals surface area (Å²) in [5.41, 5.74) is 1.25. The van der Waals surface area contributed by atoms with Gasteiger partial charge in [0.25, 0.3) is 0 Å². The van der Waals surface area contributed by atoms with Gasteiger partial charge in [-0.15, -0.1) is 0 Å². The monoisotopic (exact) mass is 331 g/mol. The zero-order valence-corrected chi connectivity index (χ0v) is 13.1. The van der Waals surface area contributed by atoms with E-state index in [1.807, 2.05) is 6.92 Å². The molecule has 0 fully saturated rings. The average molecular weight is 332 g/mol. The van der Waals surface area contributed by atoms with Crippen LogP contribution in [0.25, 0.3) is 22.6 Å². The number of aromatic amines is 1. The Hall–Kier alpha value is -2.67. The number of hydrogen-bond acceptors (Lipinski definition) is 4. The van der Waals surface area contributed by atoms with Gasteiger partial charge >= 0.3 is 5.69 Å². The number of halogens is 1. The molecule has 0 saturated carbocycles. The van der Waals surface area contributed by atoms with E-state index in [4.69, 9.17) is 11.6 Å². The number of nitrogens with zero attached hydrogens (tertiary/aromatic N) is 3. The lowest BCUT2D eigenvalue weighted by Crippen LogP contribution is -2.31. The van der Waals surface area contributed by atoms with Gasteiger partial charge in [-0.2, -0.15) is 0 Å². The standard InChI is InChI=1S/C15H14ClN5O2/c1-2-17-12(22)8-21-14-11(19-15(21)23)7-18-13(20-14)9-3-5-10(16)6-4-9/h3-7H,2,8H2,1H3,(H,17,22)(H,19,23). The molecule has 3 rings (SSSR count). The van der Waals surface area contributed by atoms with Gasteiger partial charge in [0.15, 0.2) is 11.5 Å². The molecule has 0 aliphatic carbocycles. The molecule has 23 heavy (non-hydrogen) atoms. The molecule has 0 atom stereocenters. The molecule has 3 aromatic rings. The number of fused-ring (bicyclic) bond motifs is 1. The van der Waals surface area contributed by atoms with E-state index in [0.717, 1.165) is 5.56 Å². The molecular weight excluding hydrogens is 318 g/mol. The summed E-state index contributed by atoms with van der Waals surface area (Å²) in [5.74, 6) is 0.208. The highest BCUT2D eigenvalue weighted by molar-refractivity contribution is 6.30. The summed E-state index contributed by atoms with van der Waals surface area (Å²) in [6.45, 7) is 2.22. The van der Waals surface area contributed by atoms with Gasteiger partial charge in [0, 0.05) is 17.1 Å². The molecule has 2 heterocycles. The van der Waals surface area contributed by atoms with Crippen molar-refractivity contribution in [2.75, 3.05) is 6.54 Å². The molecular formula is C15H14ClN5O2. The van der Waals surface area contributed by atoms with Gasteiger partial charge in [-0.05, 0) is 31.2 Å². The minimum atomic E-state index is -0.395. The van der Waals surface area contributed by atoms with Crippen molar-refractivity contribution in [3.05, 3.63) is 46.0 Å². The van der Waals surface area contributed by atoms with Gasteiger partial charge in [0.05, 0.1) is 6.20 Å². The van der Waals surface area contributed by atoms with E-state index in [0.29, 0.717) is 28.6 Å². The molecule has 0 bridgehead atoms. The number of carbonyl (C=O) groups excluding carboxylic acids is 1. The minimum Gasteiger partial charge on any atom is -0.355 e. The third-order valence-corrected chi connectivity index (χ3v) is 3.54. The Morgan fingerprint density at radius 2 is 2.09 bits per heavy atom. The third kappa shape index (κ3) is 3.09.